The van der Waals surface area contributed by atoms with Crippen LogP contribution in [0.4, 0.5) is 0 Å². The second-order valence-electron chi connectivity index (χ2n) is 6.37. The zero-order valence-electron chi connectivity index (χ0n) is 13.5. The Morgan fingerprint density at radius 1 is 1.32 bits per heavy atom. The molecule has 2 rings (SSSR count). The molecule has 0 saturated carbocycles. The van der Waals surface area contributed by atoms with E-state index in [0.29, 0.717) is 24.3 Å². The minimum absolute atomic E-state index is 0.00174. The average Bonchev–Trinajstić information content (AvgIpc) is 2.45. The minimum atomic E-state index is -3.46. The first-order valence-corrected chi connectivity index (χ1v) is 9.33. The van der Waals surface area contributed by atoms with E-state index in [4.69, 9.17) is 4.74 Å². The molecule has 1 aliphatic heterocycles. The molecule has 2 atom stereocenters. The highest BCUT2D eigenvalue weighted by Crippen LogP contribution is 2.18. The largest absolute Gasteiger partial charge is 0.493 e. The van der Waals surface area contributed by atoms with Crippen molar-refractivity contribution < 1.29 is 13.2 Å². The number of nitrogens with one attached hydrogen (secondary N) is 2. The number of hydrogen-bond acceptors (Lipinski definition) is 4. The fourth-order valence-electron chi connectivity index (χ4n) is 2.50. The number of sulfonamides is 1. The summed E-state index contributed by atoms with van der Waals surface area (Å²) in [6, 6.07) is 6.96. The summed E-state index contributed by atoms with van der Waals surface area (Å²) in [5.74, 6) is 1.13. The van der Waals surface area contributed by atoms with Gasteiger partial charge in [-0.3, -0.25) is 0 Å². The highest BCUT2D eigenvalue weighted by atomic mass is 32.2. The van der Waals surface area contributed by atoms with Crippen LogP contribution in [0.15, 0.2) is 29.2 Å². The molecule has 0 amide bonds. The molecule has 2 unspecified atom stereocenters. The van der Waals surface area contributed by atoms with Gasteiger partial charge in [0.2, 0.25) is 10.0 Å². The highest BCUT2D eigenvalue weighted by Gasteiger charge is 2.24. The fourth-order valence-corrected chi connectivity index (χ4v) is 3.79. The molecule has 0 spiro atoms. The maximum Gasteiger partial charge on any atom is 0.240 e. The Hall–Kier alpha value is -1.11. The smallest absolute Gasteiger partial charge is 0.240 e. The summed E-state index contributed by atoms with van der Waals surface area (Å²) >= 11 is 0. The van der Waals surface area contributed by atoms with Crippen LogP contribution in [0, 0.1) is 5.92 Å². The minimum Gasteiger partial charge on any atom is -0.493 e. The van der Waals surface area contributed by atoms with Gasteiger partial charge in [-0.25, -0.2) is 13.1 Å². The molecule has 1 aliphatic rings. The Morgan fingerprint density at radius 3 is 2.59 bits per heavy atom. The second-order valence-corrected chi connectivity index (χ2v) is 8.09. The van der Waals surface area contributed by atoms with Crippen molar-refractivity contribution in [1.29, 1.82) is 0 Å². The highest BCUT2D eigenvalue weighted by molar-refractivity contribution is 7.89. The topological polar surface area (TPSA) is 67.4 Å². The van der Waals surface area contributed by atoms with E-state index < -0.39 is 10.0 Å². The van der Waals surface area contributed by atoms with Crippen LogP contribution in [0.3, 0.4) is 0 Å². The first-order valence-electron chi connectivity index (χ1n) is 7.85. The SMILES string of the molecule is CC(C)COc1ccc(S(=O)(=O)NC2CCNC(C)C2)cc1. The lowest BCUT2D eigenvalue weighted by Gasteiger charge is -2.28. The van der Waals surface area contributed by atoms with Gasteiger partial charge >= 0.3 is 0 Å². The van der Waals surface area contributed by atoms with Gasteiger partial charge in [-0.15, -0.1) is 0 Å². The average molecular weight is 326 g/mol. The number of rotatable bonds is 6. The Kier molecular flexibility index (Phi) is 5.83. The number of ether oxygens (including phenoxy) is 1. The van der Waals surface area contributed by atoms with Crippen molar-refractivity contribution in [2.45, 2.75) is 50.6 Å². The molecule has 1 aromatic carbocycles. The summed E-state index contributed by atoms with van der Waals surface area (Å²) in [4.78, 5) is 0.288. The maximum atomic E-state index is 12.4. The molecule has 2 N–H and O–H groups in total. The molecular formula is C16H26N2O3S. The van der Waals surface area contributed by atoms with Gasteiger partial charge < -0.3 is 10.1 Å². The normalized spacial score (nSPS) is 22.7. The molecule has 1 heterocycles. The molecule has 0 aliphatic carbocycles. The molecule has 0 radical (unpaired) electrons. The van der Waals surface area contributed by atoms with Gasteiger partial charge in [-0.1, -0.05) is 13.8 Å². The van der Waals surface area contributed by atoms with Crippen LogP contribution in [-0.2, 0) is 10.0 Å². The van der Waals surface area contributed by atoms with E-state index >= 15 is 0 Å². The van der Waals surface area contributed by atoms with E-state index in [9.17, 15) is 8.42 Å². The predicted octanol–water partition coefficient (Wildman–Crippen LogP) is 2.14. The van der Waals surface area contributed by atoms with Gasteiger partial charge in [0.1, 0.15) is 5.75 Å². The first-order chi connectivity index (χ1) is 10.4. The van der Waals surface area contributed by atoms with Gasteiger partial charge in [0.05, 0.1) is 11.5 Å². The van der Waals surface area contributed by atoms with Crippen molar-refractivity contribution in [3.8, 4) is 5.75 Å². The number of hydrogen-bond donors (Lipinski definition) is 2. The first kappa shape index (κ1) is 17.2. The molecule has 0 bridgehead atoms. The van der Waals surface area contributed by atoms with Crippen LogP contribution in [0.25, 0.3) is 0 Å². The van der Waals surface area contributed by atoms with Crippen LogP contribution >= 0.6 is 0 Å². The molecule has 5 nitrogen and oxygen atoms in total. The quantitative estimate of drug-likeness (QED) is 0.840. The van der Waals surface area contributed by atoms with E-state index in [1.165, 1.54) is 0 Å². The van der Waals surface area contributed by atoms with Gasteiger partial charge in [0, 0.05) is 12.1 Å². The summed E-state index contributed by atoms with van der Waals surface area (Å²) in [7, 11) is -3.46. The molecule has 1 saturated heterocycles. The van der Waals surface area contributed by atoms with E-state index in [2.05, 4.69) is 30.8 Å². The Morgan fingerprint density at radius 2 is 2.00 bits per heavy atom. The summed E-state index contributed by atoms with van der Waals surface area (Å²) in [6.07, 6.45) is 1.63. The van der Waals surface area contributed by atoms with E-state index in [1.807, 2.05) is 0 Å². The van der Waals surface area contributed by atoms with Crippen LogP contribution < -0.4 is 14.8 Å². The van der Waals surface area contributed by atoms with Crippen LogP contribution in [-0.4, -0.2) is 33.7 Å². The lowest BCUT2D eigenvalue weighted by Crippen LogP contribution is -2.46. The van der Waals surface area contributed by atoms with E-state index in [1.54, 1.807) is 24.3 Å². The summed E-state index contributed by atoms with van der Waals surface area (Å²) in [5.41, 5.74) is 0. The van der Waals surface area contributed by atoms with Gasteiger partial charge in [-0.2, -0.15) is 0 Å². The predicted molar refractivity (Wildman–Crippen MR) is 87.6 cm³/mol. The number of benzene rings is 1. The summed E-state index contributed by atoms with van der Waals surface area (Å²) < 4.78 is 33.2. The third-order valence-corrected chi connectivity index (χ3v) is 5.20. The van der Waals surface area contributed by atoms with Gasteiger partial charge in [-0.05, 0) is 56.5 Å². The van der Waals surface area contributed by atoms with Crippen molar-refractivity contribution >= 4 is 10.0 Å². The van der Waals surface area contributed by atoms with E-state index in [-0.39, 0.29) is 10.9 Å². The van der Waals surface area contributed by atoms with Gasteiger partial charge in [0.25, 0.3) is 0 Å². The molecule has 6 heteroatoms. The fraction of sp³-hybridized carbons (Fsp3) is 0.625. The van der Waals surface area contributed by atoms with Gasteiger partial charge in [0.15, 0.2) is 0 Å². The number of piperidine rings is 1. The zero-order valence-corrected chi connectivity index (χ0v) is 14.3. The van der Waals surface area contributed by atoms with Crippen LogP contribution in [0.5, 0.6) is 5.75 Å². The lowest BCUT2D eigenvalue weighted by atomic mass is 10.0. The molecule has 1 fully saturated rings. The van der Waals surface area contributed by atoms with Crippen molar-refractivity contribution in [3.05, 3.63) is 24.3 Å². The molecular weight excluding hydrogens is 300 g/mol. The zero-order chi connectivity index (χ0) is 16.2. The van der Waals surface area contributed by atoms with Crippen molar-refractivity contribution in [2.24, 2.45) is 5.92 Å². The maximum absolute atomic E-state index is 12.4. The molecule has 22 heavy (non-hydrogen) atoms. The summed E-state index contributed by atoms with van der Waals surface area (Å²) in [5, 5.41) is 3.32. The molecule has 1 aromatic rings. The summed E-state index contributed by atoms with van der Waals surface area (Å²) in [6.45, 7) is 7.68. The Bertz CT molecular complexity index is 570. The van der Waals surface area contributed by atoms with Crippen LogP contribution in [0.2, 0.25) is 0 Å². The second kappa shape index (κ2) is 7.44. The monoisotopic (exact) mass is 326 g/mol. The third kappa shape index (κ3) is 4.97. The third-order valence-electron chi connectivity index (χ3n) is 3.66. The van der Waals surface area contributed by atoms with E-state index in [0.717, 1.165) is 19.4 Å². The Labute approximate surface area is 133 Å². The molecule has 124 valence electrons. The van der Waals surface area contributed by atoms with Crippen molar-refractivity contribution in [2.75, 3.05) is 13.2 Å². The standard InChI is InChI=1S/C16H26N2O3S/c1-12(2)11-21-15-4-6-16(7-5-15)22(19,20)18-14-8-9-17-13(3)10-14/h4-7,12-14,17-18H,8-11H2,1-3H3. The van der Waals surface area contributed by atoms with Crippen molar-refractivity contribution in [3.63, 3.8) is 0 Å². The lowest BCUT2D eigenvalue weighted by molar-refractivity contribution is 0.271. The Balaban J connectivity index is 1.99. The van der Waals surface area contributed by atoms with Crippen molar-refractivity contribution in [1.82, 2.24) is 10.0 Å². The molecule has 0 aromatic heterocycles. The van der Waals surface area contributed by atoms with Crippen LogP contribution in [0.1, 0.15) is 33.6 Å².